The standard InChI is InChI=1S/C19H22N4OS/c20-12-16-5-3-15(4-6-16)7-8-18(24)22-13-17-2-1-10-23(14-17)19-21-9-11-25-19/h3-6,9,11,17H,1-2,7-8,10,13-14H2,(H,22,24). The largest absolute Gasteiger partial charge is 0.356 e. The Morgan fingerprint density at radius 1 is 1.40 bits per heavy atom. The van der Waals surface area contributed by atoms with E-state index in [1.54, 1.807) is 23.5 Å². The van der Waals surface area contributed by atoms with Crippen LogP contribution in [0.4, 0.5) is 5.13 Å². The molecule has 1 N–H and O–H groups in total. The Labute approximate surface area is 152 Å². The fourth-order valence-corrected chi connectivity index (χ4v) is 3.81. The summed E-state index contributed by atoms with van der Waals surface area (Å²) in [5.41, 5.74) is 1.73. The number of carbonyl (C=O) groups excluding carboxylic acids is 1. The Bertz CT molecular complexity index is 721. The summed E-state index contributed by atoms with van der Waals surface area (Å²) in [5.74, 6) is 0.576. The van der Waals surface area contributed by atoms with E-state index >= 15 is 0 Å². The van der Waals surface area contributed by atoms with Gasteiger partial charge in [-0.05, 0) is 42.9 Å². The lowest BCUT2D eigenvalue weighted by atomic mass is 9.98. The van der Waals surface area contributed by atoms with Gasteiger partial charge in [-0.2, -0.15) is 5.26 Å². The molecule has 1 amide bonds. The SMILES string of the molecule is N#Cc1ccc(CCC(=O)NCC2CCCN(c3nccs3)C2)cc1. The average molecular weight is 354 g/mol. The van der Waals surface area contributed by atoms with E-state index in [9.17, 15) is 4.79 Å². The lowest BCUT2D eigenvalue weighted by Gasteiger charge is -2.32. The van der Waals surface area contributed by atoms with E-state index in [-0.39, 0.29) is 5.91 Å². The summed E-state index contributed by atoms with van der Waals surface area (Å²) in [6.45, 7) is 2.74. The number of aromatic nitrogens is 1. The predicted molar refractivity (Wildman–Crippen MR) is 99.5 cm³/mol. The third kappa shape index (κ3) is 5.04. The zero-order valence-corrected chi connectivity index (χ0v) is 15.0. The van der Waals surface area contributed by atoms with E-state index in [1.807, 2.05) is 23.7 Å². The minimum atomic E-state index is 0.0933. The molecule has 0 bridgehead atoms. The summed E-state index contributed by atoms with van der Waals surface area (Å²) in [7, 11) is 0. The second-order valence-corrected chi connectivity index (χ2v) is 7.25. The van der Waals surface area contributed by atoms with Crippen LogP contribution in [0.15, 0.2) is 35.8 Å². The number of carbonyl (C=O) groups is 1. The Hall–Kier alpha value is -2.39. The molecule has 3 rings (SSSR count). The first kappa shape index (κ1) is 17.4. The maximum absolute atomic E-state index is 12.1. The van der Waals surface area contributed by atoms with Crippen molar-refractivity contribution in [3.8, 4) is 6.07 Å². The van der Waals surface area contributed by atoms with Crippen LogP contribution in [0.3, 0.4) is 0 Å². The molecule has 1 saturated heterocycles. The van der Waals surface area contributed by atoms with Crippen molar-refractivity contribution < 1.29 is 4.79 Å². The number of thiazole rings is 1. The van der Waals surface area contributed by atoms with Crippen molar-refractivity contribution in [1.82, 2.24) is 10.3 Å². The molecule has 25 heavy (non-hydrogen) atoms. The molecule has 0 spiro atoms. The number of amides is 1. The minimum absolute atomic E-state index is 0.0933. The third-order valence-corrected chi connectivity index (χ3v) is 5.35. The number of nitrogens with one attached hydrogen (secondary N) is 1. The van der Waals surface area contributed by atoms with Gasteiger partial charge in [0.05, 0.1) is 11.6 Å². The Morgan fingerprint density at radius 3 is 2.96 bits per heavy atom. The number of rotatable bonds is 6. The monoisotopic (exact) mass is 354 g/mol. The molecule has 1 fully saturated rings. The number of nitrogens with zero attached hydrogens (tertiary/aromatic N) is 3. The van der Waals surface area contributed by atoms with Crippen LogP contribution in [0.2, 0.25) is 0 Å². The van der Waals surface area contributed by atoms with Gasteiger partial charge in [-0.25, -0.2) is 4.98 Å². The molecule has 0 saturated carbocycles. The molecular formula is C19H22N4OS. The van der Waals surface area contributed by atoms with Crippen LogP contribution in [0.5, 0.6) is 0 Å². The smallest absolute Gasteiger partial charge is 0.220 e. The van der Waals surface area contributed by atoms with Crippen molar-refractivity contribution in [2.24, 2.45) is 5.92 Å². The van der Waals surface area contributed by atoms with Crippen LogP contribution in [0.1, 0.15) is 30.4 Å². The normalized spacial score (nSPS) is 17.1. The predicted octanol–water partition coefficient (Wildman–Crippen LogP) is 2.98. The summed E-state index contributed by atoms with van der Waals surface area (Å²) < 4.78 is 0. The minimum Gasteiger partial charge on any atom is -0.356 e. The van der Waals surface area contributed by atoms with Crippen LogP contribution >= 0.6 is 11.3 Å². The van der Waals surface area contributed by atoms with Crippen molar-refractivity contribution in [1.29, 1.82) is 5.26 Å². The molecule has 1 aromatic carbocycles. The maximum atomic E-state index is 12.1. The number of hydrogen-bond acceptors (Lipinski definition) is 5. The molecule has 1 aromatic heterocycles. The van der Waals surface area contributed by atoms with Crippen molar-refractivity contribution >= 4 is 22.4 Å². The van der Waals surface area contributed by atoms with Crippen molar-refractivity contribution in [3.63, 3.8) is 0 Å². The molecule has 1 unspecified atom stereocenters. The number of anilines is 1. The molecule has 130 valence electrons. The zero-order chi connectivity index (χ0) is 17.5. The van der Waals surface area contributed by atoms with Gasteiger partial charge in [0.1, 0.15) is 0 Å². The summed E-state index contributed by atoms with van der Waals surface area (Å²) >= 11 is 1.67. The van der Waals surface area contributed by atoms with Crippen LogP contribution in [-0.2, 0) is 11.2 Å². The fraction of sp³-hybridized carbons (Fsp3) is 0.421. The van der Waals surface area contributed by atoms with Gasteiger partial charge in [-0.1, -0.05) is 12.1 Å². The molecule has 1 atom stereocenters. The number of hydrogen-bond donors (Lipinski definition) is 1. The van der Waals surface area contributed by atoms with E-state index in [0.29, 0.717) is 24.3 Å². The molecule has 0 aliphatic carbocycles. The van der Waals surface area contributed by atoms with E-state index < -0.39 is 0 Å². The summed E-state index contributed by atoms with van der Waals surface area (Å²) in [4.78, 5) is 18.8. The van der Waals surface area contributed by atoms with Gasteiger partial charge >= 0.3 is 0 Å². The number of nitriles is 1. The number of piperidine rings is 1. The van der Waals surface area contributed by atoms with E-state index in [1.165, 1.54) is 0 Å². The van der Waals surface area contributed by atoms with Crippen LogP contribution in [0.25, 0.3) is 0 Å². The van der Waals surface area contributed by atoms with Gasteiger partial charge in [0.15, 0.2) is 5.13 Å². The van der Waals surface area contributed by atoms with E-state index in [4.69, 9.17) is 5.26 Å². The molecular weight excluding hydrogens is 332 g/mol. The molecule has 2 aromatic rings. The Balaban J connectivity index is 1.40. The highest BCUT2D eigenvalue weighted by molar-refractivity contribution is 7.13. The topological polar surface area (TPSA) is 69.0 Å². The summed E-state index contributed by atoms with van der Waals surface area (Å²) in [6, 6.07) is 9.52. The highest BCUT2D eigenvalue weighted by atomic mass is 32.1. The first-order valence-electron chi connectivity index (χ1n) is 8.65. The fourth-order valence-electron chi connectivity index (χ4n) is 3.13. The number of aryl methyl sites for hydroxylation is 1. The highest BCUT2D eigenvalue weighted by Gasteiger charge is 2.21. The van der Waals surface area contributed by atoms with Gasteiger partial charge in [0.25, 0.3) is 0 Å². The van der Waals surface area contributed by atoms with E-state index in [0.717, 1.165) is 43.2 Å². The maximum Gasteiger partial charge on any atom is 0.220 e. The quantitative estimate of drug-likeness (QED) is 0.866. The number of benzene rings is 1. The lowest BCUT2D eigenvalue weighted by molar-refractivity contribution is -0.121. The van der Waals surface area contributed by atoms with Gasteiger partial charge in [-0.3, -0.25) is 4.79 Å². The molecule has 6 heteroatoms. The second kappa shape index (κ2) is 8.63. The lowest BCUT2D eigenvalue weighted by Crippen LogP contribution is -2.41. The Morgan fingerprint density at radius 2 is 2.24 bits per heavy atom. The van der Waals surface area contributed by atoms with Crippen molar-refractivity contribution in [2.45, 2.75) is 25.7 Å². The molecule has 2 heterocycles. The van der Waals surface area contributed by atoms with Gasteiger partial charge in [0.2, 0.25) is 5.91 Å². The van der Waals surface area contributed by atoms with Crippen LogP contribution in [0, 0.1) is 17.2 Å². The Kier molecular flexibility index (Phi) is 6.02. The third-order valence-electron chi connectivity index (χ3n) is 4.52. The first-order valence-corrected chi connectivity index (χ1v) is 9.53. The van der Waals surface area contributed by atoms with Gasteiger partial charge in [0, 0.05) is 37.6 Å². The average Bonchev–Trinajstić information content (AvgIpc) is 3.20. The molecule has 1 aliphatic rings. The zero-order valence-electron chi connectivity index (χ0n) is 14.1. The first-order chi connectivity index (χ1) is 12.2. The second-order valence-electron chi connectivity index (χ2n) is 6.38. The highest BCUT2D eigenvalue weighted by Crippen LogP contribution is 2.24. The summed E-state index contributed by atoms with van der Waals surface area (Å²) in [5, 5.41) is 15.0. The molecule has 1 aliphatic heterocycles. The van der Waals surface area contributed by atoms with Crippen LogP contribution in [-0.4, -0.2) is 30.5 Å². The summed E-state index contributed by atoms with van der Waals surface area (Å²) in [6.07, 6.45) is 5.32. The molecule has 0 radical (unpaired) electrons. The van der Waals surface area contributed by atoms with Gasteiger partial charge in [-0.15, -0.1) is 11.3 Å². The van der Waals surface area contributed by atoms with Crippen molar-refractivity contribution in [2.75, 3.05) is 24.5 Å². The van der Waals surface area contributed by atoms with Crippen LogP contribution < -0.4 is 10.2 Å². The van der Waals surface area contributed by atoms with Crippen molar-refractivity contribution in [3.05, 3.63) is 47.0 Å². The molecule has 5 nitrogen and oxygen atoms in total. The van der Waals surface area contributed by atoms with E-state index in [2.05, 4.69) is 21.3 Å². The van der Waals surface area contributed by atoms with Gasteiger partial charge < -0.3 is 10.2 Å².